The van der Waals surface area contributed by atoms with Gasteiger partial charge < -0.3 is 15.0 Å². The first kappa shape index (κ1) is 18.3. The van der Waals surface area contributed by atoms with E-state index in [1.165, 1.54) is 0 Å². The molecule has 26 heavy (non-hydrogen) atoms. The number of benzene rings is 1. The third-order valence-corrected chi connectivity index (χ3v) is 4.49. The summed E-state index contributed by atoms with van der Waals surface area (Å²) >= 11 is 0. The van der Waals surface area contributed by atoms with Crippen molar-refractivity contribution >= 4 is 5.96 Å². The Hall–Kier alpha value is -2.50. The Labute approximate surface area is 155 Å². The van der Waals surface area contributed by atoms with Crippen molar-refractivity contribution in [1.82, 2.24) is 20.0 Å². The molecule has 1 saturated heterocycles. The number of piperidine rings is 1. The first-order valence-electron chi connectivity index (χ1n) is 9.57. The van der Waals surface area contributed by atoms with Crippen molar-refractivity contribution in [2.24, 2.45) is 4.99 Å². The number of hydrogen-bond donors (Lipinski definition) is 1. The minimum Gasteiger partial charge on any atom is -0.490 e. The minimum absolute atomic E-state index is 0.288. The molecule has 0 atom stereocenters. The lowest BCUT2D eigenvalue weighted by Gasteiger charge is -2.34. The van der Waals surface area contributed by atoms with E-state index in [4.69, 9.17) is 9.73 Å². The molecule has 1 aliphatic rings. The van der Waals surface area contributed by atoms with Crippen molar-refractivity contribution in [3.05, 3.63) is 48.8 Å². The molecule has 0 spiro atoms. The average Bonchev–Trinajstić information content (AvgIpc) is 3.19. The van der Waals surface area contributed by atoms with Crippen molar-refractivity contribution in [2.45, 2.75) is 38.8 Å². The number of aryl methyl sites for hydroxylation is 1. The summed E-state index contributed by atoms with van der Waals surface area (Å²) in [5, 5.41) is 7.65. The molecule has 6 nitrogen and oxygen atoms in total. The fraction of sp³-hybridized carbons (Fsp3) is 0.500. The van der Waals surface area contributed by atoms with Crippen molar-refractivity contribution in [3.63, 3.8) is 0 Å². The molecule has 2 aromatic rings. The summed E-state index contributed by atoms with van der Waals surface area (Å²) in [6, 6.07) is 12.1. The Kier molecular flexibility index (Phi) is 6.93. The summed E-state index contributed by atoms with van der Waals surface area (Å²) < 4.78 is 8.04. The van der Waals surface area contributed by atoms with Gasteiger partial charge in [0.2, 0.25) is 0 Å². The van der Waals surface area contributed by atoms with Crippen LogP contribution < -0.4 is 10.1 Å². The summed E-state index contributed by atoms with van der Waals surface area (Å²) in [5.74, 6) is 1.98. The molecule has 0 unspecified atom stereocenters. The number of nitrogens with zero attached hydrogens (tertiary/aromatic N) is 4. The Balaban J connectivity index is 1.45. The maximum atomic E-state index is 6.09. The number of guanidine groups is 1. The van der Waals surface area contributed by atoms with Crippen LogP contribution in [0.5, 0.6) is 5.75 Å². The van der Waals surface area contributed by atoms with E-state index in [0.717, 1.165) is 63.7 Å². The first-order valence-corrected chi connectivity index (χ1v) is 9.57. The Morgan fingerprint density at radius 3 is 2.73 bits per heavy atom. The zero-order valence-electron chi connectivity index (χ0n) is 15.6. The number of aromatic nitrogens is 2. The van der Waals surface area contributed by atoms with E-state index < -0.39 is 0 Å². The number of hydrogen-bond acceptors (Lipinski definition) is 3. The molecule has 0 saturated carbocycles. The van der Waals surface area contributed by atoms with E-state index in [1.807, 2.05) is 53.5 Å². The third-order valence-electron chi connectivity index (χ3n) is 4.49. The fourth-order valence-corrected chi connectivity index (χ4v) is 3.15. The molecule has 1 aromatic heterocycles. The lowest BCUT2D eigenvalue weighted by molar-refractivity contribution is 0.129. The van der Waals surface area contributed by atoms with Crippen LogP contribution in [0, 0.1) is 0 Å². The number of ether oxygens (including phenoxy) is 1. The van der Waals surface area contributed by atoms with Gasteiger partial charge in [-0.15, -0.1) is 0 Å². The Morgan fingerprint density at radius 1 is 1.23 bits per heavy atom. The van der Waals surface area contributed by atoms with Crippen LogP contribution in [0.3, 0.4) is 0 Å². The van der Waals surface area contributed by atoms with Gasteiger partial charge in [0, 0.05) is 58.0 Å². The number of para-hydroxylation sites is 1. The van der Waals surface area contributed by atoms with Gasteiger partial charge in [0.25, 0.3) is 0 Å². The lowest BCUT2D eigenvalue weighted by Crippen LogP contribution is -2.47. The molecule has 1 N–H and O–H groups in total. The van der Waals surface area contributed by atoms with Gasteiger partial charge in [-0.1, -0.05) is 18.2 Å². The topological polar surface area (TPSA) is 54.7 Å². The maximum Gasteiger partial charge on any atom is 0.193 e. The number of aliphatic imine (C=N–C) groups is 1. The summed E-state index contributed by atoms with van der Waals surface area (Å²) in [5.41, 5.74) is 0. The molecule has 6 heteroatoms. The van der Waals surface area contributed by atoms with Gasteiger partial charge in [-0.05, 0) is 31.5 Å². The maximum absolute atomic E-state index is 6.09. The van der Waals surface area contributed by atoms with E-state index in [2.05, 4.69) is 22.2 Å². The molecule has 0 radical (unpaired) electrons. The predicted octanol–water partition coefficient (Wildman–Crippen LogP) is 2.78. The Morgan fingerprint density at radius 2 is 2.04 bits per heavy atom. The molecule has 0 aliphatic carbocycles. The van der Waals surface area contributed by atoms with Crippen molar-refractivity contribution in [1.29, 1.82) is 0 Å². The molecule has 1 aromatic carbocycles. The molecule has 0 amide bonds. The van der Waals surface area contributed by atoms with Crippen molar-refractivity contribution < 1.29 is 4.74 Å². The summed E-state index contributed by atoms with van der Waals surface area (Å²) in [6.07, 6.45) is 7.13. The lowest BCUT2D eigenvalue weighted by atomic mass is 10.1. The van der Waals surface area contributed by atoms with E-state index in [-0.39, 0.29) is 6.10 Å². The van der Waals surface area contributed by atoms with Gasteiger partial charge in [-0.2, -0.15) is 5.10 Å². The highest BCUT2D eigenvalue weighted by Gasteiger charge is 2.22. The second-order valence-corrected chi connectivity index (χ2v) is 6.48. The molecule has 1 aliphatic heterocycles. The molecule has 2 heterocycles. The van der Waals surface area contributed by atoms with Gasteiger partial charge in [-0.25, -0.2) is 0 Å². The predicted molar refractivity (Wildman–Crippen MR) is 104 cm³/mol. The van der Waals surface area contributed by atoms with Crippen molar-refractivity contribution in [2.75, 3.05) is 26.2 Å². The monoisotopic (exact) mass is 355 g/mol. The van der Waals surface area contributed by atoms with Gasteiger partial charge >= 0.3 is 0 Å². The van der Waals surface area contributed by atoms with Gasteiger partial charge in [0.15, 0.2) is 5.96 Å². The largest absolute Gasteiger partial charge is 0.490 e. The van der Waals surface area contributed by atoms with Crippen LogP contribution in [0.1, 0.15) is 26.2 Å². The van der Waals surface area contributed by atoms with E-state index in [1.54, 1.807) is 0 Å². The normalized spacial score (nSPS) is 15.9. The van der Waals surface area contributed by atoms with Gasteiger partial charge in [-0.3, -0.25) is 9.67 Å². The molecular weight excluding hydrogens is 326 g/mol. The number of likely N-dealkylation sites (tertiary alicyclic amines) is 1. The first-order chi connectivity index (χ1) is 12.8. The minimum atomic E-state index is 0.288. The highest BCUT2D eigenvalue weighted by atomic mass is 16.5. The van der Waals surface area contributed by atoms with E-state index in [9.17, 15) is 0 Å². The van der Waals surface area contributed by atoms with Crippen LogP contribution in [-0.4, -0.2) is 52.9 Å². The van der Waals surface area contributed by atoms with E-state index >= 15 is 0 Å². The highest BCUT2D eigenvalue weighted by Crippen LogP contribution is 2.18. The fourth-order valence-electron chi connectivity index (χ4n) is 3.15. The summed E-state index contributed by atoms with van der Waals surface area (Å²) in [6.45, 7) is 6.67. The SMILES string of the molecule is CCNC(=NCCCn1cccn1)N1CCC(Oc2ccccc2)CC1. The number of rotatable bonds is 7. The average molecular weight is 355 g/mol. The Bertz CT molecular complexity index is 648. The number of nitrogens with one attached hydrogen (secondary N) is 1. The smallest absolute Gasteiger partial charge is 0.193 e. The zero-order chi connectivity index (χ0) is 18.0. The van der Waals surface area contributed by atoms with Crippen LogP contribution in [0.2, 0.25) is 0 Å². The molecule has 1 fully saturated rings. The summed E-state index contributed by atoms with van der Waals surface area (Å²) in [7, 11) is 0. The molecule has 140 valence electrons. The second kappa shape index (κ2) is 9.85. The van der Waals surface area contributed by atoms with Gasteiger partial charge in [0.1, 0.15) is 11.9 Å². The highest BCUT2D eigenvalue weighted by molar-refractivity contribution is 5.80. The summed E-state index contributed by atoms with van der Waals surface area (Å²) in [4.78, 5) is 7.14. The molecule has 3 rings (SSSR count). The van der Waals surface area contributed by atoms with Crippen LogP contribution in [0.25, 0.3) is 0 Å². The third kappa shape index (κ3) is 5.51. The zero-order valence-corrected chi connectivity index (χ0v) is 15.6. The van der Waals surface area contributed by atoms with Crippen LogP contribution >= 0.6 is 0 Å². The molecular formula is C20H29N5O. The van der Waals surface area contributed by atoms with Crippen molar-refractivity contribution in [3.8, 4) is 5.75 Å². The van der Waals surface area contributed by atoms with Crippen LogP contribution in [0.15, 0.2) is 53.8 Å². The standard InChI is InChI=1S/C20H29N5O/c1-2-21-20(22-12-6-14-25-15-7-13-23-25)24-16-10-19(11-17-24)26-18-8-4-3-5-9-18/h3-5,7-9,13,15,19H,2,6,10-12,14,16-17H2,1H3,(H,21,22). The van der Waals surface area contributed by atoms with E-state index in [0.29, 0.717) is 0 Å². The molecule has 0 bridgehead atoms. The second-order valence-electron chi connectivity index (χ2n) is 6.48. The van der Waals surface area contributed by atoms with Crippen LogP contribution in [0.4, 0.5) is 0 Å². The quantitative estimate of drug-likeness (QED) is 0.471. The van der Waals surface area contributed by atoms with Gasteiger partial charge in [0.05, 0.1) is 0 Å². The van der Waals surface area contributed by atoms with Crippen LogP contribution in [-0.2, 0) is 6.54 Å².